The lowest BCUT2D eigenvalue weighted by molar-refractivity contribution is 0.518. The fourth-order valence-electron chi connectivity index (χ4n) is 2.09. The van der Waals surface area contributed by atoms with Gasteiger partial charge in [0.1, 0.15) is 0 Å². The number of para-hydroxylation sites is 1. The number of nitrogens with one attached hydrogen (secondary N) is 1. The molecule has 17 heavy (non-hydrogen) atoms. The lowest BCUT2D eigenvalue weighted by atomic mass is 10.0. The number of hydrogen-bond acceptors (Lipinski definition) is 2. The van der Waals surface area contributed by atoms with Gasteiger partial charge in [-0.3, -0.25) is 0 Å². The standard InChI is InChI=1S/C15H26N2/c1-5-12-16-14(6-2)13-10-8-9-11-15(13)17(4)7-3/h8-11,14,16H,5-7,12H2,1-4H3. The number of anilines is 1. The number of benzene rings is 1. The third kappa shape index (κ3) is 3.74. The first-order valence-corrected chi connectivity index (χ1v) is 6.77. The topological polar surface area (TPSA) is 15.3 Å². The molecule has 0 heterocycles. The van der Waals surface area contributed by atoms with Crippen molar-refractivity contribution >= 4 is 5.69 Å². The first-order chi connectivity index (χ1) is 8.24. The van der Waals surface area contributed by atoms with Crippen molar-refractivity contribution in [1.29, 1.82) is 0 Å². The van der Waals surface area contributed by atoms with Gasteiger partial charge in [0, 0.05) is 25.3 Å². The Morgan fingerprint density at radius 2 is 1.88 bits per heavy atom. The Labute approximate surface area is 106 Å². The van der Waals surface area contributed by atoms with Crippen LogP contribution in [0, 0.1) is 0 Å². The fraction of sp³-hybridized carbons (Fsp3) is 0.600. The minimum absolute atomic E-state index is 0.472. The molecule has 0 aliphatic heterocycles. The molecule has 1 atom stereocenters. The molecule has 0 saturated heterocycles. The Kier molecular flexibility index (Phi) is 6.06. The smallest absolute Gasteiger partial charge is 0.0412 e. The van der Waals surface area contributed by atoms with Crippen LogP contribution in [0.3, 0.4) is 0 Å². The predicted molar refractivity (Wildman–Crippen MR) is 76.7 cm³/mol. The molecular weight excluding hydrogens is 208 g/mol. The third-order valence-electron chi connectivity index (χ3n) is 3.25. The second-order valence-electron chi connectivity index (χ2n) is 4.49. The van der Waals surface area contributed by atoms with Crippen LogP contribution in [0.4, 0.5) is 5.69 Å². The van der Waals surface area contributed by atoms with Crippen LogP contribution in [0.25, 0.3) is 0 Å². The summed E-state index contributed by atoms with van der Waals surface area (Å²) in [6, 6.07) is 9.20. The zero-order valence-electron chi connectivity index (χ0n) is 11.7. The number of nitrogens with zero attached hydrogens (tertiary/aromatic N) is 1. The summed E-state index contributed by atoms with van der Waals surface area (Å²) < 4.78 is 0. The van der Waals surface area contributed by atoms with Gasteiger partial charge in [0.2, 0.25) is 0 Å². The molecule has 0 spiro atoms. The van der Waals surface area contributed by atoms with E-state index in [2.05, 4.69) is 62.3 Å². The van der Waals surface area contributed by atoms with Crippen molar-refractivity contribution in [2.45, 2.75) is 39.7 Å². The van der Waals surface area contributed by atoms with Gasteiger partial charge in [-0.25, -0.2) is 0 Å². The first kappa shape index (κ1) is 14.0. The van der Waals surface area contributed by atoms with Gasteiger partial charge < -0.3 is 10.2 Å². The van der Waals surface area contributed by atoms with E-state index in [1.807, 2.05) is 0 Å². The predicted octanol–water partition coefficient (Wildman–Crippen LogP) is 3.59. The van der Waals surface area contributed by atoms with Crippen LogP contribution in [-0.4, -0.2) is 20.1 Å². The SMILES string of the molecule is CCCNC(CC)c1ccccc1N(C)CC. The highest BCUT2D eigenvalue weighted by Gasteiger charge is 2.13. The molecule has 0 bridgehead atoms. The van der Waals surface area contributed by atoms with Crippen LogP contribution in [-0.2, 0) is 0 Å². The molecule has 1 unspecified atom stereocenters. The van der Waals surface area contributed by atoms with Crippen molar-refractivity contribution in [1.82, 2.24) is 5.32 Å². The van der Waals surface area contributed by atoms with E-state index >= 15 is 0 Å². The summed E-state index contributed by atoms with van der Waals surface area (Å²) in [5.74, 6) is 0. The van der Waals surface area contributed by atoms with Gasteiger partial charge in [-0.05, 0) is 37.9 Å². The van der Waals surface area contributed by atoms with E-state index in [1.54, 1.807) is 0 Å². The fourth-order valence-corrected chi connectivity index (χ4v) is 2.09. The molecule has 0 aliphatic rings. The Bertz CT molecular complexity index is 322. The van der Waals surface area contributed by atoms with Gasteiger partial charge in [0.05, 0.1) is 0 Å². The van der Waals surface area contributed by atoms with Gasteiger partial charge in [-0.2, -0.15) is 0 Å². The summed E-state index contributed by atoms with van der Waals surface area (Å²) in [5, 5.41) is 3.63. The van der Waals surface area contributed by atoms with E-state index in [9.17, 15) is 0 Å². The van der Waals surface area contributed by atoms with Crippen molar-refractivity contribution in [3.05, 3.63) is 29.8 Å². The van der Waals surface area contributed by atoms with Gasteiger partial charge in [-0.15, -0.1) is 0 Å². The minimum atomic E-state index is 0.472. The van der Waals surface area contributed by atoms with E-state index in [1.165, 1.54) is 17.7 Å². The highest BCUT2D eigenvalue weighted by atomic mass is 15.1. The number of hydrogen-bond donors (Lipinski definition) is 1. The molecule has 2 nitrogen and oxygen atoms in total. The molecular formula is C15H26N2. The first-order valence-electron chi connectivity index (χ1n) is 6.77. The molecule has 0 radical (unpaired) electrons. The Hall–Kier alpha value is -1.02. The van der Waals surface area contributed by atoms with Gasteiger partial charge in [0.25, 0.3) is 0 Å². The van der Waals surface area contributed by atoms with Crippen LogP contribution < -0.4 is 10.2 Å². The average molecular weight is 234 g/mol. The van der Waals surface area contributed by atoms with Crippen molar-refractivity contribution in [3.63, 3.8) is 0 Å². The minimum Gasteiger partial charge on any atom is -0.375 e. The zero-order valence-corrected chi connectivity index (χ0v) is 11.7. The molecule has 1 rings (SSSR count). The molecule has 0 amide bonds. The van der Waals surface area contributed by atoms with Crippen LogP contribution in [0.5, 0.6) is 0 Å². The third-order valence-corrected chi connectivity index (χ3v) is 3.25. The Balaban J connectivity index is 2.93. The van der Waals surface area contributed by atoms with Crippen LogP contribution in [0.2, 0.25) is 0 Å². The number of rotatable bonds is 7. The molecule has 1 N–H and O–H groups in total. The second kappa shape index (κ2) is 7.33. The van der Waals surface area contributed by atoms with E-state index in [4.69, 9.17) is 0 Å². The summed E-state index contributed by atoms with van der Waals surface area (Å²) in [4.78, 5) is 2.31. The Morgan fingerprint density at radius 1 is 1.18 bits per heavy atom. The highest BCUT2D eigenvalue weighted by Crippen LogP contribution is 2.27. The monoisotopic (exact) mass is 234 g/mol. The molecule has 0 fully saturated rings. The van der Waals surface area contributed by atoms with Gasteiger partial charge in [0.15, 0.2) is 0 Å². The van der Waals surface area contributed by atoms with Crippen molar-refractivity contribution in [3.8, 4) is 0 Å². The van der Waals surface area contributed by atoms with Crippen LogP contribution in [0.1, 0.15) is 45.2 Å². The summed E-state index contributed by atoms with van der Waals surface area (Å²) in [7, 11) is 2.16. The van der Waals surface area contributed by atoms with Gasteiger partial charge >= 0.3 is 0 Å². The highest BCUT2D eigenvalue weighted by molar-refractivity contribution is 5.54. The summed E-state index contributed by atoms with van der Waals surface area (Å²) in [6.07, 6.45) is 2.32. The van der Waals surface area contributed by atoms with E-state index in [0.29, 0.717) is 6.04 Å². The maximum atomic E-state index is 3.63. The van der Waals surface area contributed by atoms with Crippen molar-refractivity contribution in [2.24, 2.45) is 0 Å². The second-order valence-corrected chi connectivity index (χ2v) is 4.49. The molecule has 1 aromatic rings. The van der Waals surface area contributed by atoms with E-state index in [-0.39, 0.29) is 0 Å². The molecule has 0 aliphatic carbocycles. The van der Waals surface area contributed by atoms with Crippen LogP contribution in [0.15, 0.2) is 24.3 Å². The molecule has 0 saturated carbocycles. The zero-order chi connectivity index (χ0) is 12.7. The molecule has 2 heteroatoms. The van der Waals surface area contributed by atoms with Gasteiger partial charge in [-0.1, -0.05) is 32.0 Å². The van der Waals surface area contributed by atoms with Crippen LogP contribution >= 0.6 is 0 Å². The van der Waals surface area contributed by atoms with E-state index < -0.39 is 0 Å². The maximum absolute atomic E-state index is 3.63. The Morgan fingerprint density at radius 3 is 2.47 bits per heavy atom. The summed E-state index contributed by atoms with van der Waals surface area (Å²) in [5.41, 5.74) is 2.78. The van der Waals surface area contributed by atoms with Crippen molar-refractivity contribution < 1.29 is 0 Å². The molecule has 96 valence electrons. The quantitative estimate of drug-likeness (QED) is 0.775. The average Bonchev–Trinajstić information content (AvgIpc) is 2.39. The largest absolute Gasteiger partial charge is 0.375 e. The van der Waals surface area contributed by atoms with E-state index in [0.717, 1.165) is 19.5 Å². The maximum Gasteiger partial charge on any atom is 0.0412 e. The summed E-state index contributed by atoms with van der Waals surface area (Å²) in [6.45, 7) is 8.78. The summed E-state index contributed by atoms with van der Waals surface area (Å²) >= 11 is 0. The molecule has 1 aromatic carbocycles. The molecule has 0 aromatic heterocycles. The lowest BCUT2D eigenvalue weighted by Crippen LogP contribution is -2.25. The van der Waals surface area contributed by atoms with Crippen molar-refractivity contribution in [2.75, 3.05) is 25.0 Å². The normalized spacial score (nSPS) is 12.5. The lowest BCUT2D eigenvalue weighted by Gasteiger charge is -2.26.